The summed E-state index contributed by atoms with van der Waals surface area (Å²) in [6, 6.07) is 11.7. The van der Waals surface area contributed by atoms with Crippen LogP contribution in [-0.2, 0) is 20.7 Å². The summed E-state index contributed by atoms with van der Waals surface area (Å²) in [7, 11) is 2.48. The highest BCUT2D eigenvalue weighted by atomic mass is 35.5. The molecule has 27 heavy (non-hydrogen) atoms. The molecule has 0 spiro atoms. The van der Waals surface area contributed by atoms with Gasteiger partial charge in [0.1, 0.15) is 0 Å². The Morgan fingerprint density at radius 2 is 1.48 bits per heavy atom. The van der Waals surface area contributed by atoms with Gasteiger partial charge in [0.15, 0.2) is 0 Å². The maximum absolute atomic E-state index is 12.2. The molecule has 0 unspecified atom stereocenters. The Bertz CT molecular complexity index is 799. The number of esters is 2. The molecule has 0 atom stereocenters. The number of hydrogen-bond donors (Lipinski definition) is 1. The number of amides is 1. The lowest BCUT2D eigenvalue weighted by atomic mass is 10.1. The predicted octanol–water partition coefficient (Wildman–Crippen LogP) is 3.87. The minimum Gasteiger partial charge on any atom is -0.465 e. The highest BCUT2D eigenvalue weighted by molar-refractivity contribution is 6.30. The zero-order chi connectivity index (χ0) is 19.8. The first kappa shape index (κ1) is 20.5. The van der Waals surface area contributed by atoms with E-state index in [0.29, 0.717) is 23.6 Å². The summed E-state index contributed by atoms with van der Waals surface area (Å²) in [4.78, 5) is 35.7. The molecule has 2 aromatic carbocycles. The van der Waals surface area contributed by atoms with Crippen LogP contribution in [0, 0.1) is 0 Å². The number of anilines is 1. The number of nitrogens with one attached hydrogen (secondary N) is 1. The predicted molar refractivity (Wildman–Crippen MR) is 102 cm³/mol. The molecule has 0 aliphatic heterocycles. The zero-order valence-electron chi connectivity index (χ0n) is 15.1. The van der Waals surface area contributed by atoms with E-state index in [1.54, 1.807) is 0 Å². The number of carbonyl (C=O) groups is 3. The van der Waals surface area contributed by atoms with Crippen molar-refractivity contribution in [1.29, 1.82) is 0 Å². The molecule has 0 aliphatic carbocycles. The van der Waals surface area contributed by atoms with Crippen molar-refractivity contribution in [1.82, 2.24) is 0 Å². The van der Waals surface area contributed by atoms with Crippen LogP contribution >= 0.6 is 11.6 Å². The first-order chi connectivity index (χ1) is 12.9. The van der Waals surface area contributed by atoms with Gasteiger partial charge in [0.25, 0.3) is 0 Å². The molecule has 7 heteroatoms. The van der Waals surface area contributed by atoms with Crippen LogP contribution in [0.25, 0.3) is 0 Å². The van der Waals surface area contributed by atoms with Gasteiger partial charge in [0.2, 0.25) is 5.91 Å². The van der Waals surface area contributed by atoms with Gasteiger partial charge in [-0.15, -0.1) is 0 Å². The van der Waals surface area contributed by atoms with E-state index < -0.39 is 11.9 Å². The minimum absolute atomic E-state index is 0.150. The lowest BCUT2D eigenvalue weighted by molar-refractivity contribution is -0.116. The Morgan fingerprint density at radius 3 is 2.00 bits per heavy atom. The van der Waals surface area contributed by atoms with E-state index in [4.69, 9.17) is 11.6 Å². The topological polar surface area (TPSA) is 81.7 Å². The van der Waals surface area contributed by atoms with Crippen molar-refractivity contribution in [2.45, 2.75) is 19.3 Å². The number of methoxy groups -OCH3 is 2. The monoisotopic (exact) mass is 389 g/mol. The van der Waals surface area contributed by atoms with Gasteiger partial charge in [-0.25, -0.2) is 9.59 Å². The number of hydrogen-bond acceptors (Lipinski definition) is 5. The molecular formula is C20H20ClNO5. The summed E-state index contributed by atoms with van der Waals surface area (Å²) in [5.74, 6) is -1.44. The largest absolute Gasteiger partial charge is 0.465 e. The molecule has 0 aliphatic rings. The van der Waals surface area contributed by atoms with Crippen molar-refractivity contribution in [2.75, 3.05) is 19.5 Å². The molecule has 0 saturated carbocycles. The van der Waals surface area contributed by atoms with E-state index in [2.05, 4.69) is 14.8 Å². The smallest absolute Gasteiger partial charge is 0.337 e. The Hall–Kier alpha value is -2.86. The molecule has 2 aromatic rings. The second kappa shape index (κ2) is 9.73. The van der Waals surface area contributed by atoms with Crippen LogP contribution in [0.15, 0.2) is 42.5 Å². The van der Waals surface area contributed by atoms with Crippen LogP contribution in [-0.4, -0.2) is 32.1 Å². The van der Waals surface area contributed by atoms with Crippen LogP contribution < -0.4 is 5.32 Å². The van der Waals surface area contributed by atoms with Crippen molar-refractivity contribution in [2.24, 2.45) is 0 Å². The van der Waals surface area contributed by atoms with Crippen molar-refractivity contribution in [3.8, 4) is 0 Å². The van der Waals surface area contributed by atoms with Gasteiger partial charge in [-0.2, -0.15) is 0 Å². The number of carbonyl (C=O) groups excluding carboxylic acids is 3. The van der Waals surface area contributed by atoms with Crippen molar-refractivity contribution in [3.05, 3.63) is 64.2 Å². The Balaban J connectivity index is 2.01. The van der Waals surface area contributed by atoms with Gasteiger partial charge >= 0.3 is 11.9 Å². The lowest BCUT2D eigenvalue weighted by Crippen LogP contribution is -2.14. The van der Waals surface area contributed by atoms with E-state index >= 15 is 0 Å². The van der Waals surface area contributed by atoms with Crippen LogP contribution in [0.3, 0.4) is 0 Å². The maximum Gasteiger partial charge on any atom is 0.337 e. The molecule has 0 heterocycles. The molecule has 142 valence electrons. The molecule has 6 nitrogen and oxygen atoms in total. The molecule has 0 fully saturated rings. The van der Waals surface area contributed by atoms with Gasteiger partial charge in [-0.1, -0.05) is 23.7 Å². The third kappa shape index (κ3) is 6.11. The van der Waals surface area contributed by atoms with E-state index in [1.165, 1.54) is 32.4 Å². The SMILES string of the molecule is COC(=O)c1cc(NC(=O)CCCc2ccc(Cl)cc2)cc(C(=O)OC)c1. The number of ether oxygens (including phenoxy) is 2. The van der Waals surface area contributed by atoms with Crippen molar-refractivity contribution >= 4 is 35.1 Å². The molecule has 0 aromatic heterocycles. The molecule has 1 N–H and O–H groups in total. The lowest BCUT2D eigenvalue weighted by Gasteiger charge is -2.09. The number of halogens is 1. The summed E-state index contributed by atoms with van der Waals surface area (Å²) in [5, 5.41) is 3.37. The summed E-state index contributed by atoms with van der Waals surface area (Å²) < 4.78 is 9.35. The van der Waals surface area contributed by atoms with Gasteiger partial charge in [-0.05, 0) is 48.7 Å². The molecule has 1 amide bonds. The van der Waals surface area contributed by atoms with E-state index in [1.807, 2.05) is 24.3 Å². The normalized spacial score (nSPS) is 10.2. The third-order valence-electron chi connectivity index (χ3n) is 3.84. The number of rotatable bonds is 7. The van der Waals surface area contributed by atoms with Gasteiger partial charge in [0, 0.05) is 17.1 Å². The quantitative estimate of drug-likeness (QED) is 0.727. The van der Waals surface area contributed by atoms with Gasteiger partial charge in [-0.3, -0.25) is 4.79 Å². The highest BCUT2D eigenvalue weighted by Gasteiger charge is 2.15. The van der Waals surface area contributed by atoms with Crippen LogP contribution in [0.5, 0.6) is 0 Å². The zero-order valence-corrected chi connectivity index (χ0v) is 15.8. The van der Waals surface area contributed by atoms with Crippen molar-refractivity contribution in [3.63, 3.8) is 0 Å². The van der Waals surface area contributed by atoms with E-state index in [9.17, 15) is 14.4 Å². The van der Waals surface area contributed by atoms with E-state index in [0.717, 1.165) is 12.0 Å². The third-order valence-corrected chi connectivity index (χ3v) is 4.09. The second-order valence-electron chi connectivity index (χ2n) is 5.81. The number of benzene rings is 2. The van der Waals surface area contributed by atoms with Gasteiger partial charge < -0.3 is 14.8 Å². The summed E-state index contributed by atoms with van der Waals surface area (Å²) in [6.45, 7) is 0. The molecule has 0 radical (unpaired) electrons. The average molecular weight is 390 g/mol. The summed E-state index contributed by atoms with van der Waals surface area (Å²) >= 11 is 5.85. The second-order valence-corrected chi connectivity index (χ2v) is 6.25. The average Bonchev–Trinajstić information content (AvgIpc) is 2.67. The Labute approximate surface area is 162 Å². The molecular weight excluding hydrogens is 370 g/mol. The maximum atomic E-state index is 12.2. The summed E-state index contributed by atoms with van der Waals surface area (Å²) in [5.41, 5.74) is 1.72. The number of aryl methyl sites for hydroxylation is 1. The van der Waals surface area contributed by atoms with E-state index in [-0.39, 0.29) is 17.0 Å². The van der Waals surface area contributed by atoms with Crippen LogP contribution in [0.1, 0.15) is 39.1 Å². The standard InChI is InChI=1S/C20H20ClNO5/c1-26-19(24)14-10-15(20(25)27-2)12-17(11-14)22-18(23)5-3-4-13-6-8-16(21)9-7-13/h6-12H,3-5H2,1-2H3,(H,22,23). The molecule has 0 bridgehead atoms. The highest BCUT2D eigenvalue weighted by Crippen LogP contribution is 2.18. The minimum atomic E-state index is -0.612. The first-order valence-corrected chi connectivity index (χ1v) is 8.66. The summed E-state index contributed by atoms with van der Waals surface area (Å²) in [6.07, 6.45) is 1.67. The molecule has 0 saturated heterocycles. The van der Waals surface area contributed by atoms with Crippen molar-refractivity contribution < 1.29 is 23.9 Å². The fraction of sp³-hybridized carbons (Fsp3) is 0.250. The first-order valence-electron chi connectivity index (χ1n) is 8.29. The Morgan fingerprint density at radius 1 is 0.926 bits per heavy atom. The fourth-order valence-electron chi connectivity index (χ4n) is 2.50. The molecule has 2 rings (SSSR count). The fourth-order valence-corrected chi connectivity index (χ4v) is 2.62. The van der Waals surface area contributed by atoms with Crippen LogP contribution in [0.4, 0.5) is 5.69 Å². The van der Waals surface area contributed by atoms with Gasteiger partial charge in [0.05, 0.1) is 25.3 Å². The Kier molecular flexibility index (Phi) is 7.37. The van der Waals surface area contributed by atoms with Crippen LogP contribution in [0.2, 0.25) is 5.02 Å².